The number of aryl methyl sites for hydroxylation is 2. The summed E-state index contributed by atoms with van der Waals surface area (Å²) in [4.78, 5) is 0. The Balaban J connectivity index is 1.69. The van der Waals surface area contributed by atoms with Gasteiger partial charge in [-0.1, -0.05) is 559 Å². The molecule has 1 aliphatic heterocycles. The summed E-state index contributed by atoms with van der Waals surface area (Å²) >= 11 is 0. The number of allylic oxidation sites excluding steroid dienone is 4. The highest BCUT2D eigenvalue weighted by atomic mass is 15.2. The molecule has 0 unspecified atom stereocenters. The van der Waals surface area contributed by atoms with Crippen molar-refractivity contribution in [3.63, 3.8) is 0 Å². The first-order valence-corrected chi connectivity index (χ1v) is 53.4. The van der Waals surface area contributed by atoms with Gasteiger partial charge in [-0.3, -0.25) is 0 Å². The third-order valence-electron chi connectivity index (χ3n) is 26.0. The molecule has 2 heteroatoms. The molecule has 0 saturated carbocycles. The molecular formula is C114H198N2. The summed E-state index contributed by atoms with van der Waals surface area (Å²) in [5.41, 5.74) is 24.9. The van der Waals surface area contributed by atoms with E-state index >= 15 is 0 Å². The van der Waals surface area contributed by atoms with E-state index in [1.807, 2.05) is 0 Å². The maximum Gasteiger partial charge on any atom is 0.215 e. The van der Waals surface area contributed by atoms with Crippen molar-refractivity contribution in [2.75, 3.05) is 0 Å². The predicted octanol–water partition coefficient (Wildman–Crippen LogP) is 40.1. The van der Waals surface area contributed by atoms with E-state index in [9.17, 15) is 5.53 Å². The van der Waals surface area contributed by atoms with Crippen LogP contribution in [0.3, 0.4) is 0 Å². The first kappa shape index (κ1) is 107. The van der Waals surface area contributed by atoms with Crippen LogP contribution in [0.4, 0.5) is 0 Å². The van der Waals surface area contributed by atoms with Crippen molar-refractivity contribution in [1.29, 1.82) is 0 Å². The number of rotatable bonds is 87. The second kappa shape index (κ2) is 83.6. The van der Waals surface area contributed by atoms with Gasteiger partial charge >= 0.3 is 0 Å². The van der Waals surface area contributed by atoms with Gasteiger partial charge in [-0.15, -0.1) is 0 Å². The van der Waals surface area contributed by atoms with Gasteiger partial charge in [-0.2, -0.15) is 0 Å². The van der Waals surface area contributed by atoms with Crippen LogP contribution in [0, 0.1) is 23.7 Å². The Bertz CT molecular complexity index is 2620. The minimum Gasteiger partial charge on any atom is -0.493 e. The van der Waals surface area contributed by atoms with Crippen LogP contribution < -0.4 is 0 Å². The molecule has 2 aromatic carbocycles. The van der Waals surface area contributed by atoms with Gasteiger partial charge in [0.05, 0.1) is 5.57 Å². The molecule has 0 aromatic heterocycles. The van der Waals surface area contributed by atoms with Gasteiger partial charge in [-0.05, 0) is 106 Å². The van der Waals surface area contributed by atoms with E-state index in [0.29, 0.717) is 0 Å². The molecule has 2 aromatic rings. The molecule has 0 amide bonds. The highest BCUT2D eigenvalue weighted by molar-refractivity contribution is 5.85. The highest BCUT2D eigenvalue weighted by Crippen LogP contribution is 2.45. The number of nitrogens with zero attached hydrogens (tertiary/aromatic N) is 2. The highest BCUT2D eigenvalue weighted by Gasteiger charge is 2.35. The maximum atomic E-state index is 13.3. The summed E-state index contributed by atoms with van der Waals surface area (Å²) in [5, 5.41) is 0. The fourth-order valence-corrected chi connectivity index (χ4v) is 18.3. The summed E-state index contributed by atoms with van der Waals surface area (Å²) in [7, 11) is 0. The van der Waals surface area contributed by atoms with E-state index in [-0.39, 0.29) is 0 Å². The smallest absolute Gasteiger partial charge is 0.215 e. The van der Waals surface area contributed by atoms with E-state index in [1.54, 1.807) is 4.70 Å². The second-order valence-corrected chi connectivity index (χ2v) is 37.4. The number of hydrogen-bond donors (Lipinski definition) is 0. The topological polar surface area (TPSA) is 25.3 Å². The third kappa shape index (κ3) is 61.6. The van der Waals surface area contributed by atoms with Gasteiger partial charge in [0, 0.05) is 40.7 Å². The molecule has 0 N–H and O–H groups in total. The van der Waals surface area contributed by atoms with Crippen LogP contribution in [0.1, 0.15) is 614 Å². The van der Waals surface area contributed by atoms with Crippen LogP contribution in [-0.2, 0) is 12.8 Å². The Morgan fingerprint density at radius 3 is 0.733 bits per heavy atom. The lowest BCUT2D eigenvalue weighted by Crippen LogP contribution is -2.05. The van der Waals surface area contributed by atoms with Gasteiger partial charge in [0.25, 0.3) is 0 Å². The molecule has 1 aliphatic rings. The Kier molecular flexibility index (Phi) is 76.8. The second-order valence-electron chi connectivity index (χ2n) is 37.4. The zero-order valence-electron chi connectivity index (χ0n) is 79.3. The third-order valence-corrected chi connectivity index (χ3v) is 26.0. The Morgan fingerprint density at radius 2 is 0.466 bits per heavy atom. The zero-order valence-corrected chi connectivity index (χ0v) is 79.3. The normalized spacial score (nSPS) is 12.4. The summed E-state index contributed by atoms with van der Waals surface area (Å²) in [6, 6.07) is 14.2. The largest absolute Gasteiger partial charge is 0.493 e. The number of unbranched alkanes of at least 4 members (excludes halogenated alkanes) is 77. The molecule has 116 heavy (non-hydrogen) atoms. The monoisotopic (exact) mass is 1600 g/mol. The van der Waals surface area contributed by atoms with Gasteiger partial charge in [-0.25, -0.2) is 4.70 Å². The van der Waals surface area contributed by atoms with E-state index in [1.165, 1.54) is 522 Å². The molecule has 0 bridgehead atoms. The first-order valence-electron chi connectivity index (χ1n) is 53.4. The SMILES string of the molecule is CCCCCCCCCCCCCCCCCCCCCCC=CC1=C(c2cc(CCCC)cc(CCCC)c2)[N+](=[N-])C(c2cc(C#CCCCCCCCCCCCCCCCCCCCCCCCCCCC)cc(C#CCCCCCCCCCCCCCCCCCCCCCCCCCCC)c2)=C1CCCCCCCC. The van der Waals surface area contributed by atoms with E-state index in [4.69, 9.17) is 0 Å². The fraction of sp³-hybridized carbons (Fsp3) is 0.807. The quantitative estimate of drug-likeness (QED) is 0.0358. The summed E-state index contributed by atoms with van der Waals surface area (Å²) in [6.45, 7) is 13.9. The molecule has 0 spiro atoms. The molecule has 664 valence electrons. The van der Waals surface area contributed by atoms with Crippen LogP contribution in [0.25, 0.3) is 16.9 Å². The lowest BCUT2D eigenvalue weighted by Gasteiger charge is -2.13. The first-order chi connectivity index (χ1) is 57.5. The summed E-state index contributed by atoms with van der Waals surface area (Å²) in [6.07, 6.45) is 122. The van der Waals surface area contributed by atoms with Crippen molar-refractivity contribution in [2.24, 2.45) is 0 Å². The van der Waals surface area contributed by atoms with Crippen molar-refractivity contribution in [3.05, 3.63) is 98.6 Å². The lowest BCUT2D eigenvalue weighted by atomic mass is 9.92. The van der Waals surface area contributed by atoms with E-state index in [0.717, 1.165) is 85.9 Å². The van der Waals surface area contributed by atoms with Gasteiger partial charge in [0.2, 0.25) is 11.4 Å². The standard InChI is InChI=1S/C114H198N2/c1-7-13-19-23-27-30-33-36-39-42-45-48-51-53-55-57-59-61-64-67-70-73-76-79-82-85-89-95-107-100-108(96-90-86-83-80-77-74-71-68-65-62-60-58-56-54-52-49-46-43-40-37-34-31-28-24-20-14-8-2)104-110(103-107)114-111(97-91-87-26-22-16-10-4)112(113(116(114)115)109-101-105(93-17-11-5)99-106(102-109)94-18-12-6)98-92-88-84-81-78-75-72-69-66-63-50-47-44-41-38-35-32-29-25-21-15-9-3/h92,98-104H,7-88,91,93-94,97H2,1-6H3. The Hall–Kier alpha value is -3.62. The molecule has 0 atom stereocenters. The fourth-order valence-electron chi connectivity index (χ4n) is 18.3. The lowest BCUT2D eigenvalue weighted by molar-refractivity contribution is -0.345. The van der Waals surface area contributed by atoms with E-state index < -0.39 is 0 Å². The molecule has 0 saturated heterocycles. The van der Waals surface area contributed by atoms with Crippen LogP contribution in [0.5, 0.6) is 0 Å². The minimum absolute atomic E-state index is 0.928. The average Bonchev–Trinajstić information content (AvgIpc) is 1.60. The van der Waals surface area contributed by atoms with E-state index in [2.05, 4.69) is 114 Å². The molecule has 0 fully saturated rings. The molecule has 2 nitrogen and oxygen atoms in total. The number of benzene rings is 2. The maximum absolute atomic E-state index is 13.3. The number of hydrogen-bond acceptors (Lipinski definition) is 0. The van der Waals surface area contributed by atoms with Crippen LogP contribution >= 0.6 is 0 Å². The van der Waals surface area contributed by atoms with Gasteiger partial charge < -0.3 is 5.53 Å². The van der Waals surface area contributed by atoms with Crippen LogP contribution in [-0.4, -0.2) is 4.70 Å². The van der Waals surface area contributed by atoms with Crippen molar-refractivity contribution in [2.45, 2.75) is 594 Å². The zero-order chi connectivity index (χ0) is 82.6. The Morgan fingerprint density at radius 1 is 0.233 bits per heavy atom. The van der Waals surface area contributed by atoms with Crippen LogP contribution in [0.2, 0.25) is 0 Å². The molecular weight excluding hydrogens is 1400 g/mol. The van der Waals surface area contributed by atoms with Crippen molar-refractivity contribution >= 4 is 11.4 Å². The average molecular weight is 1600 g/mol. The Labute approximate surface area is 727 Å². The van der Waals surface area contributed by atoms with Gasteiger partial charge in [0.15, 0.2) is 0 Å². The molecule has 3 rings (SSSR count). The predicted molar refractivity (Wildman–Crippen MR) is 523 cm³/mol. The van der Waals surface area contributed by atoms with Crippen molar-refractivity contribution < 1.29 is 4.70 Å². The summed E-state index contributed by atoms with van der Waals surface area (Å²) in [5.74, 6) is 14.8. The molecule has 0 aliphatic carbocycles. The van der Waals surface area contributed by atoms with Crippen molar-refractivity contribution in [3.8, 4) is 23.7 Å². The minimum atomic E-state index is 0.928. The van der Waals surface area contributed by atoms with Crippen LogP contribution in [0.15, 0.2) is 59.7 Å². The van der Waals surface area contributed by atoms with Gasteiger partial charge in [0.1, 0.15) is 0 Å². The molecule has 0 radical (unpaired) electrons. The molecule has 1 heterocycles. The summed E-state index contributed by atoms with van der Waals surface area (Å²) < 4.78 is 1.65. The van der Waals surface area contributed by atoms with Crippen molar-refractivity contribution in [1.82, 2.24) is 0 Å².